The molecule has 0 spiro atoms. The second-order valence-corrected chi connectivity index (χ2v) is 12.3. The minimum atomic E-state index is -4.35. The number of anilines is 2. The van der Waals surface area contributed by atoms with Gasteiger partial charge in [0.2, 0.25) is 17.7 Å². The quantitative estimate of drug-likeness (QED) is 0.213. The lowest BCUT2D eigenvalue weighted by Crippen LogP contribution is -2.34. The number of sulfonamides is 2. The molecule has 2 aromatic rings. The zero-order chi connectivity index (χ0) is 29.5. The number of thiocarbonyl (C=S) groups is 1. The van der Waals surface area contributed by atoms with E-state index in [2.05, 4.69) is 16.0 Å². The van der Waals surface area contributed by atoms with Gasteiger partial charge in [-0.05, 0) is 61.5 Å². The van der Waals surface area contributed by atoms with Crippen LogP contribution in [0.1, 0.15) is 45.7 Å². The molecule has 12 nitrogen and oxygen atoms in total. The number of nitrogens with one attached hydrogen (secondary N) is 5. The summed E-state index contributed by atoms with van der Waals surface area (Å²) in [5, 5.41) is 8.56. The van der Waals surface area contributed by atoms with Crippen molar-refractivity contribution in [2.45, 2.75) is 50.5 Å². The number of benzene rings is 2. The van der Waals surface area contributed by atoms with Crippen LogP contribution < -0.4 is 25.4 Å². The maximum atomic E-state index is 13.0. The molecule has 0 bridgehead atoms. The summed E-state index contributed by atoms with van der Waals surface area (Å²) in [6.45, 7) is 7.07. The van der Waals surface area contributed by atoms with Gasteiger partial charge in [0.15, 0.2) is 5.11 Å². The third kappa shape index (κ3) is 9.46. The highest BCUT2D eigenvalue weighted by Crippen LogP contribution is 2.26. The van der Waals surface area contributed by atoms with Crippen LogP contribution in [0.5, 0.6) is 0 Å². The van der Waals surface area contributed by atoms with Crippen LogP contribution in [-0.4, -0.2) is 45.7 Å². The standard InChI is InChI=1S/C24H29N5O7S3/c1-14(2)25-24(37)27-21-11-9-19(23(13-21)39(35,36)29-17(5)32)7-6-18-8-10-20(26-15(3)30)12-22(18)38(33,34)28-16(4)31/h6-14H,1-5H3,(H,26,30)(H,28,31)(H,29,32)(H2,25,27,37)/b7-6+. The van der Waals surface area contributed by atoms with Crippen LogP contribution in [0.15, 0.2) is 46.2 Å². The monoisotopic (exact) mass is 595 g/mol. The average Bonchev–Trinajstić information content (AvgIpc) is 2.76. The number of carbonyl (C=O) groups is 3. The van der Waals surface area contributed by atoms with Gasteiger partial charge in [-0.1, -0.05) is 24.3 Å². The molecular weight excluding hydrogens is 566 g/mol. The van der Waals surface area contributed by atoms with Gasteiger partial charge in [-0.15, -0.1) is 0 Å². The van der Waals surface area contributed by atoms with Crippen molar-refractivity contribution in [3.05, 3.63) is 47.5 Å². The van der Waals surface area contributed by atoms with E-state index in [1.165, 1.54) is 43.3 Å². The lowest BCUT2D eigenvalue weighted by molar-refractivity contribution is -0.118. The zero-order valence-corrected chi connectivity index (χ0v) is 24.2. The first-order valence-electron chi connectivity index (χ1n) is 11.4. The summed E-state index contributed by atoms with van der Waals surface area (Å²) in [5.41, 5.74) is 0.692. The molecule has 0 fully saturated rings. The molecule has 3 amide bonds. The summed E-state index contributed by atoms with van der Waals surface area (Å²) in [6.07, 6.45) is 2.66. The van der Waals surface area contributed by atoms with E-state index in [-0.39, 0.29) is 37.8 Å². The van der Waals surface area contributed by atoms with Crippen LogP contribution >= 0.6 is 12.2 Å². The molecule has 0 saturated carbocycles. The summed E-state index contributed by atoms with van der Waals surface area (Å²) in [5.74, 6) is -2.07. The van der Waals surface area contributed by atoms with Gasteiger partial charge in [0, 0.05) is 38.2 Å². The van der Waals surface area contributed by atoms with Crippen molar-refractivity contribution in [1.82, 2.24) is 14.8 Å². The lowest BCUT2D eigenvalue weighted by Gasteiger charge is -2.15. The fourth-order valence-corrected chi connectivity index (χ4v) is 6.05. The number of rotatable bonds is 9. The molecule has 0 radical (unpaired) electrons. The molecule has 0 saturated heterocycles. The Morgan fingerprint density at radius 3 is 1.49 bits per heavy atom. The fraction of sp³-hybridized carbons (Fsp3) is 0.250. The van der Waals surface area contributed by atoms with Gasteiger partial charge in [0.05, 0.1) is 9.79 Å². The third-order valence-corrected chi connectivity index (χ3v) is 7.80. The molecule has 0 aliphatic heterocycles. The Balaban J connectivity index is 2.65. The van der Waals surface area contributed by atoms with E-state index in [0.717, 1.165) is 19.9 Å². The highest BCUT2D eigenvalue weighted by Gasteiger charge is 2.22. The predicted molar refractivity (Wildman–Crippen MR) is 153 cm³/mol. The molecule has 0 heterocycles. The molecule has 5 N–H and O–H groups in total. The van der Waals surface area contributed by atoms with E-state index in [1.54, 1.807) is 6.07 Å². The van der Waals surface area contributed by atoms with Crippen molar-refractivity contribution in [1.29, 1.82) is 0 Å². The van der Waals surface area contributed by atoms with Gasteiger partial charge < -0.3 is 16.0 Å². The van der Waals surface area contributed by atoms with Crippen molar-refractivity contribution < 1.29 is 31.2 Å². The van der Waals surface area contributed by atoms with Gasteiger partial charge >= 0.3 is 0 Å². The molecule has 0 unspecified atom stereocenters. The average molecular weight is 596 g/mol. The highest BCUT2D eigenvalue weighted by atomic mass is 32.2. The first-order valence-corrected chi connectivity index (χ1v) is 14.8. The summed E-state index contributed by atoms with van der Waals surface area (Å²) >= 11 is 5.21. The van der Waals surface area contributed by atoms with E-state index in [4.69, 9.17) is 12.2 Å². The Labute approximate surface area is 232 Å². The Bertz CT molecular complexity index is 1550. The number of carbonyl (C=O) groups excluding carboxylic acids is 3. The highest BCUT2D eigenvalue weighted by molar-refractivity contribution is 7.90. The van der Waals surface area contributed by atoms with Crippen LogP contribution in [0.3, 0.4) is 0 Å². The third-order valence-electron chi connectivity index (χ3n) is 4.60. The second kappa shape index (κ2) is 12.8. The van der Waals surface area contributed by atoms with Crippen LogP contribution in [0, 0.1) is 0 Å². The van der Waals surface area contributed by atoms with Crippen LogP contribution in [-0.2, 0) is 34.4 Å². The van der Waals surface area contributed by atoms with E-state index in [9.17, 15) is 31.2 Å². The van der Waals surface area contributed by atoms with Gasteiger partial charge in [-0.25, -0.2) is 26.3 Å². The van der Waals surface area contributed by atoms with E-state index in [0.29, 0.717) is 5.69 Å². The van der Waals surface area contributed by atoms with Gasteiger partial charge in [0.1, 0.15) is 0 Å². The Morgan fingerprint density at radius 1 is 0.718 bits per heavy atom. The van der Waals surface area contributed by atoms with Crippen molar-refractivity contribution in [3.63, 3.8) is 0 Å². The summed E-state index contributed by atoms with van der Waals surface area (Å²) in [7, 11) is -8.67. The Kier molecular flexibility index (Phi) is 10.3. The van der Waals surface area contributed by atoms with Gasteiger partial charge in [-0.2, -0.15) is 0 Å². The molecule has 0 atom stereocenters. The fourth-order valence-electron chi connectivity index (χ4n) is 3.27. The second-order valence-electron chi connectivity index (χ2n) is 8.60. The van der Waals surface area contributed by atoms with Crippen molar-refractivity contribution >= 4 is 78.6 Å². The normalized spacial score (nSPS) is 11.6. The topological polar surface area (TPSA) is 180 Å². The molecule has 39 heavy (non-hydrogen) atoms. The molecule has 15 heteroatoms. The molecule has 0 aliphatic carbocycles. The number of hydrogen-bond acceptors (Lipinski definition) is 8. The molecular formula is C24H29N5O7S3. The molecule has 210 valence electrons. The Hall–Kier alpha value is -3.82. The van der Waals surface area contributed by atoms with E-state index < -0.39 is 37.8 Å². The number of amides is 3. The predicted octanol–water partition coefficient (Wildman–Crippen LogP) is 2.16. The smallest absolute Gasteiger partial charge is 0.264 e. The summed E-state index contributed by atoms with van der Waals surface area (Å²) in [4.78, 5) is 33.9. The van der Waals surface area contributed by atoms with Crippen molar-refractivity contribution in [3.8, 4) is 0 Å². The molecule has 2 aromatic carbocycles. The van der Waals surface area contributed by atoms with Crippen LogP contribution in [0.4, 0.5) is 11.4 Å². The van der Waals surface area contributed by atoms with Gasteiger partial charge in [0.25, 0.3) is 20.0 Å². The van der Waals surface area contributed by atoms with Crippen molar-refractivity contribution in [2.24, 2.45) is 0 Å². The Morgan fingerprint density at radius 2 is 1.13 bits per heavy atom. The first kappa shape index (κ1) is 31.4. The molecule has 2 rings (SSSR count). The number of hydrogen-bond donors (Lipinski definition) is 5. The molecule has 0 aliphatic rings. The van der Waals surface area contributed by atoms with Crippen LogP contribution in [0.2, 0.25) is 0 Å². The minimum absolute atomic E-state index is 0.0230. The summed E-state index contributed by atoms with van der Waals surface area (Å²) < 4.78 is 55.4. The first-order chi connectivity index (χ1) is 18.0. The summed E-state index contributed by atoms with van der Waals surface area (Å²) in [6, 6.07) is 8.28. The van der Waals surface area contributed by atoms with E-state index in [1.807, 2.05) is 23.3 Å². The van der Waals surface area contributed by atoms with Gasteiger partial charge in [-0.3, -0.25) is 14.4 Å². The molecule has 0 aromatic heterocycles. The minimum Gasteiger partial charge on any atom is -0.360 e. The van der Waals surface area contributed by atoms with Crippen molar-refractivity contribution in [2.75, 3.05) is 10.6 Å². The van der Waals surface area contributed by atoms with E-state index >= 15 is 0 Å². The largest absolute Gasteiger partial charge is 0.360 e. The maximum Gasteiger partial charge on any atom is 0.264 e. The maximum absolute atomic E-state index is 13.0. The zero-order valence-electron chi connectivity index (χ0n) is 21.8. The SMILES string of the molecule is CC(=O)Nc1ccc(/C=C/c2ccc(NC(=S)NC(C)C)cc2S(=O)(=O)NC(C)=O)c(S(=O)(=O)NC(C)=O)c1. The van der Waals surface area contributed by atoms with Crippen LogP contribution in [0.25, 0.3) is 12.2 Å². The lowest BCUT2D eigenvalue weighted by atomic mass is 10.1.